The van der Waals surface area contributed by atoms with E-state index in [9.17, 15) is 5.11 Å². The third-order valence-electron chi connectivity index (χ3n) is 3.53. The molecule has 2 rings (SSSR count). The van der Waals surface area contributed by atoms with E-state index in [1.54, 1.807) is 24.3 Å². The van der Waals surface area contributed by atoms with Crippen molar-refractivity contribution in [3.8, 4) is 5.75 Å². The summed E-state index contributed by atoms with van der Waals surface area (Å²) in [5.74, 6) is 1.38. The summed E-state index contributed by atoms with van der Waals surface area (Å²) in [5, 5.41) is 9.28. The molecule has 5 heteroatoms. The van der Waals surface area contributed by atoms with Gasteiger partial charge in [-0.1, -0.05) is 6.07 Å². The van der Waals surface area contributed by atoms with Crippen molar-refractivity contribution in [2.45, 2.75) is 6.92 Å². The number of phenols is 1. The highest BCUT2D eigenvalue weighted by atomic mass is 35.5. The maximum atomic E-state index is 9.28. The molecule has 3 nitrogen and oxygen atoms in total. The largest absolute Gasteiger partial charge is 0.508 e. The summed E-state index contributed by atoms with van der Waals surface area (Å²) in [6.07, 6.45) is 1.83. The summed E-state index contributed by atoms with van der Waals surface area (Å²) in [4.78, 5) is 6.61. The first-order valence-electron chi connectivity index (χ1n) is 7.44. The fourth-order valence-corrected chi connectivity index (χ4v) is 2.67. The van der Waals surface area contributed by atoms with Gasteiger partial charge in [-0.15, -0.1) is 23.2 Å². The monoisotopic (exact) mass is 350 g/mol. The molecule has 0 spiro atoms. The van der Waals surface area contributed by atoms with Crippen molar-refractivity contribution in [3.05, 3.63) is 53.6 Å². The van der Waals surface area contributed by atoms with Gasteiger partial charge in [0.1, 0.15) is 5.75 Å². The Hall–Kier alpha value is -1.71. The Balaban J connectivity index is 2.16. The lowest BCUT2D eigenvalue weighted by Gasteiger charge is -2.23. The summed E-state index contributed by atoms with van der Waals surface area (Å²) < 4.78 is 0. The van der Waals surface area contributed by atoms with Crippen LogP contribution in [0.1, 0.15) is 11.1 Å². The van der Waals surface area contributed by atoms with Gasteiger partial charge in [-0.05, 0) is 54.4 Å². The number of halogens is 2. The zero-order valence-corrected chi connectivity index (χ0v) is 14.6. The van der Waals surface area contributed by atoms with Crippen LogP contribution in [-0.2, 0) is 0 Å². The average Bonchev–Trinajstić information content (AvgIpc) is 2.55. The van der Waals surface area contributed by atoms with E-state index < -0.39 is 0 Å². The van der Waals surface area contributed by atoms with Crippen LogP contribution >= 0.6 is 23.2 Å². The molecule has 122 valence electrons. The zero-order valence-electron chi connectivity index (χ0n) is 13.0. The van der Waals surface area contributed by atoms with Crippen molar-refractivity contribution in [3.63, 3.8) is 0 Å². The Labute approximate surface area is 147 Å². The van der Waals surface area contributed by atoms with Crippen molar-refractivity contribution in [2.24, 2.45) is 4.99 Å². The van der Waals surface area contributed by atoms with E-state index in [1.807, 2.05) is 12.3 Å². The molecule has 0 unspecified atom stereocenters. The van der Waals surface area contributed by atoms with Crippen LogP contribution in [0.2, 0.25) is 0 Å². The van der Waals surface area contributed by atoms with Crippen LogP contribution < -0.4 is 4.90 Å². The van der Waals surface area contributed by atoms with Gasteiger partial charge in [-0.25, -0.2) is 0 Å². The lowest BCUT2D eigenvalue weighted by Crippen LogP contribution is -2.27. The van der Waals surface area contributed by atoms with Crippen molar-refractivity contribution in [2.75, 3.05) is 29.7 Å². The molecule has 0 aliphatic heterocycles. The van der Waals surface area contributed by atoms with Crippen LogP contribution in [0.15, 0.2) is 47.5 Å². The van der Waals surface area contributed by atoms with Gasteiger partial charge in [-0.3, -0.25) is 4.99 Å². The quantitative estimate of drug-likeness (QED) is 0.578. The van der Waals surface area contributed by atoms with Crippen LogP contribution in [0.5, 0.6) is 5.75 Å². The lowest BCUT2D eigenvalue weighted by atomic mass is 10.1. The number of aromatic hydroxyl groups is 1. The molecular formula is C18H20Cl2N2O. The first-order chi connectivity index (χ1) is 11.1. The van der Waals surface area contributed by atoms with E-state index in [2.05, 4.69) is 28.9 Å². The predicted molar refractivity (Wildman–Crippen MR) is 100 cm³/mol. The number of hydrogen-bond donors (Lipinski definition) is 1. The highest BCUT2D eigenvalue weighted by Gasteiger charge is 2.06. The molecule has 2 aromatic rings. The van der Waals surface area contributed by atoms with E-state index in [0.717, 1.165) is 35.6 Å². The van der Waals surface area contributed by atoms with Gasteiger partial charge in [0.25, 0.3) is 0 Å². The van der Waals surface area contributed by atoms with Gasteiger partial charge in [0.2, 0.25) is 0 Å². The smallest absolute Gasteiger partial charge is 0.115 e. The minimum absolute atomic E-state index is 0.239. The molecule has 0 aliphatic rings. The standard InChI is InChI=1S/C18H20Cl2N2O/c1-14-12-17(22(10-8-19)11-9-20)5-2-15(14)13-21-16-3-6-18(23)7-4-16/h2-7,12-13,23H,8-11H2,1H3. The summed E-state index contributed by atoms with van der Waals surface area (Å²) in [6.45, 7) is 3.60. The molecule has 2 aromatic carbocycles. The molecule has 0 saturated heterocycles. The number of anilines is 1. The Kier molecular flexibility index (Phi) is 6.75. The fraction of sp³-hybridized carbons (Fsp3) is 0.278. The molecule has 0 atom stereocenters. The molecule has 0 radical (unpaired) electrons. The molecule has 0 aliphatic carbocycles. The van der Waals surface area contributed by atoms with Crippen LogP contribution in [0.4, 0.5) is 11.4 Å². The van der Waals surface area contributed by atoms with Crippen LogP contribution in [0, 0.1) is 6.92 Å². The van der Waals surface area contributed by atoms with Crippen molar-refractivity contribution < 1.29 is 5.11 Å². The normalized spacial score (nSPS) is 11.1. The highest BCUT2D eigenvalue weighted by Crippen LogP contribution is 2.20. The van der Waals surface area contributed by atoms with E-state index in [-0.39, 0.29) is 5.75 Å². The van der Waals surface area contributed by atoms with Crippen LogP contribution in [0.3, 0.4) is 0 Å². The first-order valence-corrected chi connectivity index (χ1v) is 8.51. The number of aryl methyl sites for hydroxylation is 1. The van der Waals surface area contributed by atoms with Crippen molar-refractivity contribution in [1.29, 1.82) is 0 Å². The molecule has 0 fully saturated rings. The molecule has 0 heterocycles. The van der Waals surface area contributed by atoms with Gasteiger partial charge in [0.15, 0.2) is 0 Å². The number of alkyl halides is 2. The number of nitrogens with zero attached hydrogens (tertiary/aromatic N) is 2. The lowest BCUT2D eigenvalue weighted by molar-refractivity contribution is 0.475. The minimum Gasteiger partial charge on any atom is -0.508 e. The molecule has 0 saturated carbocycles. The van der Waals surface area contributed by atoms with Crippen molar-refractivity contribution in [1.82, 2.24) is 0 Å². The van der Waals surface area contributed by atoms with Crippen LogP contribution in [-0.4, -0.2) is 36.2 Å². The van der Waals surface area contributed by atoms with Gasteiger partial charge in [0.05, 0.1) is 5.69 Å². The Morgan fingerprint density at radius 1 is 1.04 bits per heavy atom. The maximum Gasteiger partial charge on any atom is 0.115 e. The summed E-state index contributed by atoms with van der Waals surface area (Å²) in [6, 6.07) is 13.0. The molecule has 0 amide bonds. The summed E-state index contributed by atoms with van der Waals surface area (Å²) >= 11 is 11.7. The Morgan fingerprint density at radius 2 is 1.70 bits per heavy atom. The van der Waals surface area contributed by atoms with Gasteiger partial charge < -0.3 is 10.0 Å². The molecular weight excluding hydrogens is 331 g/mol. The number of rotatable bonds is 7. The Bertz CT molecular complexity index is 651. The van der Waals surface area contributed by atoms with E-state index >= 15 is 0 Å². The van der Waals surface area contributed by atoms with E-state index in [4.69, 9.17) is 23.2 Å². The SMILES string of the molecule is Cc1cc(N(CCCl)CCCl)ccc1C=Nc1ccc(O)cc1. The molecule has 23 heavy (non-hydrogen) atoms. The molecule has 1 N–H and O–H groups in total. The summed E-state index contributed by atoms with van der Waals surface area (Å²) in [7, 11) is 0. The minimum atomic E-state index is 0.239. The number of benzene rings is 2. The average molecular weight is 351 g/mol. The van der Waals surface area contributed by atoms with Gasteiger partial charge in [0, 0.05) is 36.8 Å². The van der Waals surface area contributed by atoms with Crippen LogP contribution in [0.25, 0.3) is 0 Å². The second-order valence-electron chi connectivity index (χ2n) is 5.18. The second kappa shape index (κ2) is 8.80. The number of phenolic OH excluding ortho intramolecular Hbond substituents is 1. The van der Waals surface area contributed by atoms with Gasteiger partial charge in [-0.2, -0.15) is 0 Å². The predicted octanol–water partition coefficient (Wildman–Crippen LogP) is 4.74. The first kappa shape index (κ1) is 17.6. The highest BCUT2D eigenvalue weighted by molar-refractivity contribution is 6.18. The summed E-state index contributed by atoms with van der Waals surface area (Å²) in [5.41, 5.74) is 4.11. The third-order valence-corrected chi connectivity index (χ3v) is 3.87. The molecule has 0 aromatic heterocycles. The van der Waals surface area contributed by atoms with Gasteiger partial charge >= 0.3 is 0 Å². The topological polar surface area (TPSA) is 35.8 Å². The van der Waals surface area contributed by atoms with E-state index in [1.165, 1.54) is 0 Å². The fourth-order valence-electron chi connectivity index (χ4n) is 2.26. The van der Waals surface area contributed by atoms with E-state index in [0.29, 0.717) is 11.8 Å². The number of aliphatic imine (C=N–C) groups is 1. The molecule has 0 bridgehead atoms. The maximum absolute atomic E-state index is 9.28. The number of hydrogen-bond acceptors (Lipinski definition) is 3. The van der Waals surface area contributed by atoms with Crippen molar-refractivity contribution >= 4 is 40.8 Å². The third kappa shape index (κ3) is 5.15. The zero-order chi connectivity index (χ0) is 16.7. The Morgan fingerprint density at radius 3 is 2.26 bits per heavy atom. The second-order valence-corrected chi connectivity index (χ2v) is 5.94.